The van der Waals surface area contributed by atoms with E-state index in [0.717, 1.165) is 17.7 Å². The van der Waals surface area contributed by atoms with E-state index in [-0.39, 0.29) is 11.3 Å². The van der Waals surface area contributed by atoms with E-state index in [0.29, 0.717) is 5.75 Å². The van der Waals surface area contributed by atoms with Crippen molar-refractivity contribution in [2.45, 2.75) is 12.5 Å². The summed E-state index contributed by atoms with van der Waals surface area (Å²) in [5.74, 6) is -0.149. The molecule has 0 aliphatic rings. The largest absolute Gasteiger partial charge is 0.497 e. The van der Waals surface area contributed by atoms with Crippen LogP contribution in [0.2, 0.25) is 0 Å². The number of methoxy groups -OCH3 is 1. The molecule has 0 fully saturated rings. The topological polar surface area (TPSA) is 35.5 Å². The molecule has 0 saturated heterocycles. The van der Waals surface area contributed by atoms with Gasteiger partial charge in [-0.15, -0.1) is 0 Å². The second-order valence-corrected chi connectivity index (χ2v) is 4.96. The fraction of sp³-hybridized carbons (Fsp3) is 0.167. The van der Waals surface area contributed by atoms with Crippen LogP contribution in [0.1, 0.15) is 15.9 Å². The van der Waals surface area contributed by atoms with E-state index in [4.69, 9.17) is 4.74 Å². The predicted molar refractivity (Wildman–Crippen MR) is 84.4 cm³/mol. The smallest absolute Gasteiger partial charge is 0.461 e. The van der Waals surface area contributed by atoms with Crippen molar-refractivity contribution in [1.82, 2.24) is 0 Å². The second-order valence-electron chi connectivity index (χ2n) is 4.96. The Morgan fingerprint density at radius 1 is 1.00 bits per heavy atom. The van der Waals surface area contributed by atoms with Gasteiger partial charge in [0.05, 0.1) is 7.11 Å². The standard InChI is InChI=1S/C18H14F4O3/c1-24-14-7-2-12(3-8-14)4-11-16(23)13-5-9-15(10-6-13)25-18(21,22)17(19)20/h2-11,17H,1H3/b11-4+. The summed E-state index contributed by atoms with van der Waals surface area (Å²) in [7, 11) is 1.54. The van der Waals surface area contributed by atoms with Gasteiger partial charge < -0.3 is 9.47 Å². The maximum absolute atomic E-state index is 12.8. The minimum atomic E-state index is -4.58. The predicted octanol–water partition coefficient (Wildman–Crippen LogP) is 4.83. The first-order valence-electron chi connectivity index (χ1n) is 7.13. The SMILES string of the molecule is COc1ccc(/C=C/C(=O)c2ccc(OC(F)(F)C(F)F)cc2)cc1. The van der Waals surface area contributed by atoms with Gasteiger partial charge in [0, 0.05) is 5.56 Å². The Hall–Kier alpha value is -2.83. The molecule has 0 heterocycles. The molecular weight excluding hydrogens is 340 g/mol. The number of ketones is 1. The lowest BCUT2D eigenvalue weighted by Crippen LogP contribution is -2.33. The number of halogens is 4. The van der Waals surface area contributed by atoms with E-state index >= 15 is 0 Å². The molecule has 0 bridgehead atoms. The van der Waals surface area contributed by atoms with E-state index in [1.807, 2.05) is 0 Å². The van der Waals surface area contributed by atoms with Crippen molar-refractivity contribution in [2.24, 2.45) is 0 Å². The van der Waals surface area contributed by atoms with Crippen LogP contribution in [0.25, 0.3) is 6.08 Å². The van der Waals surface area contributed by atoms with E-state index in [1.165, 1.54) is 18.2 Å². The number of ether oxygens (including phenoxy) is 2. The van der Waals surface area contributed by atoms with Gasteiger partial charge in [0.25, 0.3) is 0 Å². The number of alkyl halides is 4. The van der Waals surface area contributed by atoms with Crippen LogP contribution >= 0.6 is 0 Å². The zero-order valence-corrected chi connectivity index (χ0v) is 13.1. The molecule has 7 heteroatoms. The van der Waals surface area contributed by atoms with Crippen molar-refractivity contribution in [2.75, 3.05) is 7.11 Å². The Kier molecular flexibility index (Phi) is 5.80. The Bertz CT molecular complexity index is 738. The van der Waals surface area contributed by atoms with Gasteiger partial charge in [-0.2, -0.15) is 17.6 Å². The molecule has 2 aromatic rings. The molecule has 0 aliphatic carbocycles. The maximum atomic E-state index is 12.8. The van der Waals surface area contributed by atoms with Crippen molar-refractivity contribution in [3.8, 4) is 11.5 Å². The Labute approximate surface area is 141 Å². The van der Waals surface area contributed by atoms with Crippen LogP contribution in [0.4, 0.5) is 17.6 Å². The Balaban J connectivity index is 2.03. The molecule has 0 spiro atoms. The van der Waals surface area contributed by atoms with Gasteiger partial charge in [-0.1, -0.05) is 18.2 Å². The van der Waals surface area contributed by atoms with E-state index in [1.54, 1.807) is 37.5 Å². The van der Waals surface area contributed by atoms with Gasteiger partial charge in [0.15, 0.2) is 5.78 Å². The number of carbonyl (C=O) groups excluding carboxylic acids is 1. The molecule has 0 amide bonds. The third kappa shape index (κ3) is 5.07. The van der Waals surface area contributed by atoms with E-state index in [9.17, 15) is 22.4 Å². The van der Waals surface area contributed by atoms with Crippen molar-refractivity contribution in [3.05, 3.63) is 65.7 Å². The van der Waals surface area contributed by atoms with Gasteiger partial charge in [-0.05, 0) is 48.0 Å². The Morgan fingerprint density at radius 3 is 2.08 bits per heavy atom. The summed E-state index contributed by atoms with van der Waals surface area (Å²) in [4.78, 5) is 12.0. The summed E-state index contributed by atoms with van der Waals surface area (Å²) in [5.41, 5.74) is 0.975. The van der Waals surface area contributed by atoms with Crippen LogP contribution in [0.3, 0.4) is 0 Å². The second kappa shape index (κ2) is 7.83. The first-order valence-corrected chi connectivity index (χ1v) is 7.13. The highest BCUT2D eigenvalue weighted by Gasteiger charge is 2.43. The molecule has 0 radical (unpaired) electrons. The third-order valence-corrected chi connectivity index (χ3v) is 3.19. The lowest BCUT2D eigenvalue weighted by Gasteiger charge is -2.16. The zero-order valence-electron chi connectivity index (χ0n) is 13.1. The summed E-state index contributed by atoms with van der Waals surface area (Å²) < 4.78 is 58.7. The van der Waals surface area contributed by atoms with Crippen LogP contribution in [-0.2, 0) is 0 Å². The van der Waals surface area contributed by atoms with Gasteiger partial charge in [0.2, 0.25) is 0 Å². The number of carbonyl (C=O) groups is 1. The first-order chi connectivity index (χ1) is 11.8. The summed E-state index contributed by atoms with van der Waals surface area (Å²) in [5, 5.41) is 0. The number of benzene rings is 2. The van der Waals surface area contributed by atoms with Crippen molar-refractivity contribution in [1.29, 1.82) is 0 Å². The fourth-order valence-corrected chi connectivity index (χ4v) is 1.87. The van der Waals surface area contributed by atoms with Gasteiger partial charge in [0.1, 0.15) is 11.5 Å². The summed E-state index contributed by atoms with van der Waals surface area (Å²) in [6.07, 6.45) is -5.64. The number of hydrogen-bond acceptors (Lipinski definition) is 3. The molecule has 0 unspecified atom stereocenters. The quantitative estimate of drug-likeness (QED) is 0.406. The number of rotatable bonds is 7. The summed E-state index contributed by atoms with van der Waals surface area (Å²) in [6.45, 7) is 0. The summed E-state index contributed by atoms with van der Waals surface area (Å²) >= 11 is 0. The lowest BCUT2D eigenvalue weighted by molar-refractivity contribution is -0.253. The van der Waals surface area contributed by atoms with Crippen LogP contribution in [0.5, 0.6) is 11.5 Å². The normalized spacial score (nSPS) is 11.8. The van der Waals surface area contributed by atoms with E-state index in [2.05, 4.69) is 4.74 Å². The lowest BCUT2D eigenvalue weighted by atomic mass is 10.1. The average molecular weight is 354 g/mol. The minimum absolute atomic E-state index is 0.206. The molecule has 0 aromatic heterocycles. The van der Waals surface area contributed by atoms with Crippen molar-refractivity contribution in [3.63, 3.8) is 0 Å². The zero-order chi connectivity index (χ0) is 18.4. The molecule has 132 valence electrons. The molecule has 25 heavy (non-hydrogen) atoms. The number of hydrogen-bond donors (Lipinski definition) is 0. The Morgan fingerprint density at radius 2 is 1.56 bits per heavy atom. The number of allylic oxidation sites excluding steroid dienone is 1. The third-order valence-electron chi connectivity index (χ3n) is 3.19. The van der Waals surface area contributed by atoms with Crippen molar-refractivity contribution < 1.29 is 31.8 Å². The molecule has 2 rings (SSSR count). The molecule has 2 aromatic carbocycles. The van der Waals surface area contributed by atoms with E-state index < -0.39 is 18.3 Å². The fourth-order valence-electron chi connectivity index (χ4n) is 1.87. The molecular formula is C18H14F4O3. The molecule has 3 nitrogen and oxygen atoms in total. The minimum Gasteiger partial charge on any atom is -0.497 e. The highest BCUT2D eigenvalue weighted by Crippen LogP contribution is 2.27. The highest BCUT2D eigenvalue weighted by molar-refractivity contribution is 6.06. The highest BCUT2D eigenvalue weighted by atomic mass is 19.3. The van der Waals surface area contributed by atoms with Crippen molar-refractivity contribution >= 4 is 11.9 Å². The van der Waals surface area contributed by atoms with Gasteiger partial charge >= 0.3 is 12.5 Å². The molecule has 0 N–H and O–H groups in total. The van der Waals surface area contributed by atoms with Crippen LogP contribution in [0, 0.1) is 0 Å². The van der Waals surface area contributed by atoms with Crippen LogP contribution < -0.4 is 9.47 Å². The molecule has 0 atom stereocenters. The molecule has 0 aliphatic heterocycles. The molecule has 0 saturated carbocycles. The van der Waals surface area contributed by atoms with Gasteiger partial charge in [-0.3, -0.25) is 4.79 Å². The first kappa shape index (κ1) is 18.5. The maximum Gasteiger partial charge on any atom is 0.461 e. The van der Waals surface area contributed by atoms with Gasteiger partial charge in [-0.25, -0.2) is 0 Å². The summed E-state index contributed by atoms with van der Waals surface area (Å²) in [6, 6.07) is 11.5. The average Bonchev–Trinajstić information content (AvgIpc) is 2.60. The van der Waals surface area contributed by atoms with Crippen LogP contribution in [0.15, 0.2) is 54.6 Å². The van der Waals surface area contributed by atoms with Crippen LogP contribution in [-0.4, -0.2) is 25.4 Å². The monoisotopic (exact) mass is 354 g/mol.